The maximum atomic E-state index is 13.3. The standard InChI is InChI=1S/C30H27N3O3S/c1-19-17-33(18-20(2)36-19)25-13-11-24(12-14-25)28-16-32-29-26(23-9-7-22(15-31)8-10-23)5-4-6-27(29)30(28)37(35)21(3)34/h4-14,16,19-20H,17-18H2,1-3H3/t19-,20?,37?/m1/s1. The van der Waals surface area contributed by atoms with Crippen LogP contribution in [0.5, 0.6) is 0 Å². The molecular formula is C30H27N3O3S. The predicted molar refractivity (Wildman–Crippen MR) is 147 cm³/mol. The normalized spacial score (nSPS) is 18.4. The Morgan fingerprint density at radius 2 is 1.59 bits per heavy atom. The minimum Gasteiger partial charge on any atom is -0.372 e. The van der Waals surface area contributed by atoms with Gasteiger partial charge in [-0.2, -0.15) is 5.26 Å². The molecule has 0 spiro atoms. The van der Waals surface area contributed by atoms with Crippen LogP contribution in [0, 0.1) is 11.3 Å². The minimum atomic E-state index is -1.86. The van der Waals surface area contributed by atoms with Crippen molar-refractivity contribution in [3.05, 3.63) is 78.5 Å². The first-order valence-electron chi connectivity index (χ1n) is 12.2. The second-order valence-electron chi connectivity index (χ2n) is 9.36. The van der Waals surface area contributed by atoms with E-state index < -0.39 is 15.9 Å². The summed E-state index contributed by atoms with van der Waals surface area (Å²) in [5.41, 5.74) is 5.59. The topological polar surface area (TPSA) is 83.3 Å². The Hall–Kier alpha value is -3.86. The zero-order chi connectivity index (χ0) is 26.1. The molecule has 0 saturated carbocycles. The molecule has 3 aromatic carbocycles. The van der Waals surface area contributed by atoms with E-state index >= 15 is 0 Å². The molecule has 2 heterocycles. The van der Waals surface area contributed by atoms with Gasteiger partial charge in [0.1, 0.15) is 10.8 Å². The fourth-order valence-electron chi connectivity index (χ4n) is 4.95. The lowest BCUT2D eigenvalue weighted by Crippen LogP contribution is -2.45. The van der Waals surface area contributed by atoms with Crippen LogP contribution in [0.1, 0.15) is 26.3 Å². The Bertz CT molecular complexity index is 1530. The molecule has 1 aliphatic rings. The molecule has 2 unspecified atom stereocenters. The van der Waals surface area contributed by atoms with Gasteiger partial charge in [-0.3, -0.25) is 9.78 Å². The van der Waals surface area contributed by atoms with Crippen LogP contribution in [0.25, 0.3) is 33.2 Å². The highest BCUT2D eigenvalue weighted by Crippen LogP contribution is 2.37. The van der Waals surface area contributed by atoms with Crippen molar-refractivity contribution in [3.8, 4) is 28.3 Å². The summed E-state index contributed by atoms with van der Waals surface area (Å²) >= 11 is 0. The molecule has 37 heavy (non-hydrogen) atoms. The molecule has 7 heteroatoms. The number of para-hydroxylation sites is 1. The number of carbonyl (C=O) groups is 1. The van der Waals surface area contributed by atoms with Crippen LogP contribution in [-0.4, -0.2) is 39.6 Å². The number of hydrogen-bond acceptors (Lipinski definition) is 6. The molecule has 4 aromatic rings. The van der Waals surface area contributed by atoms with Crippen LogP contribution < -0.4 is 4.90 Å². The second kappa shape index (κ2) is 10.3. The Balaban J connectivity index is 1.61. The van der Waals surface area contributed by atoms with Gasteiger partial charge >= 0.3 is 0 Å². The van der Waals surface area contributed by atoms with Gasteiger partial charge in [0.25, 0.3) is 0 Å². The quantitative estimate of drug-likeness (QED) is 0.351. The number of ether oxygens (including phenoxy) is 1. The third-order valence-corrected chi connectivity index (χ3v) is 7.92. The van der Waals surface area contributed by atoms with Crippen LogP contribution in [0.4, 0.5) is 5.69 Å². The monoisotopic (exact) mass is 509 g/mol. The van der Waals surface area contributed by atoms with Gasteiger partial charge in [0, 0.05) is 48.4 Å². The number of hydrogen-bond donors (Lipinski definition) is 0. The van der Waals surface area contributed by atoms with E-state index in [0.29, 0.717) is 26.9 Å². The maximum Gasteiger partial charge on any atom is 0.220 e. The third kappa shape index (κ3) is 4.91. The van der Waals surface area contributed by atoms with Crippen LogP contribution in [0.2, 0.25) is 0 Å². The molecule has 0 aliphatic carbocycles. The fraction of sp³-hybridized carbons (Fsp3) is 0.233. The summed E-state index contributed by atoms with van der Waals surface area (Å²) in [5.74, 6) is 0. The van der Waals surface area contributed by atoms with Gasteiger partial charge in [0.05, 0.1) is 34.3 Å². The van der Waals surface area contributed by atoms with Crippen LogP contribution in [0.3, 0.4) is 0 Å². The highest BCUT2D eigenvalue weighted by molar-refractivity contribution is 8.00. The van der Waals surface area contributed by atoms with Crippen LogP contribution >= 0.6 is 0 Å². The average molecular weight is 510 g/mol. The lowest BCUT2D eigenvalue weighted by molar-refractivity contribution is -0.109. The molecule has 0 amide bonds. The van der Waals surface area contributed by atoms with Crippen molar-refractivity contribution < 1.29 is 13.7 Å². The summed E-state index contributed by atoms with van der Waals surface area (Å²) < 4.78 is 19.2. The zero-order valence-electron chi connectivity index (χ0n) is 21.0. The van der Waals surface area contributed by atoms with Gasteiger partial charge in [-0.15, -0.1) is 0 Å². The summed E-state index contributed by atoms with van der Waals surface area (Å²) in [6.45, 7) is 7.14. The number of fused-ring (bicyclic) bond motifs is 1. The fourth-order valence-corrected chi connectivity index (χ4v) is 5.97. The van der Waals surface area contributed by atoms with Crippen LogP contribution in [0.15, 0.2) is 77.8 Å². The molecule has 5 rings (SSSR count). The predicted octanol–water partition coefficient (Wildman–Crippen LogP) is 5.71. The van der Waals surface area contributed by atoms with Crippen molar-refractivity contribution in [1.29, 1.82) is 5.26 Å². The Labute approximate surface area is 219 Å². The second-order valence-corrected chi connectivity index (χ2v) is 10.9. The van der Waals surface area contributed by atoms with E-state index in [-0.39, 0.29) is 12.2 Å². The first kappa shape index (κ1) is 24.8. The highest BCUT2D eigenvalue weighted by atomic mass is 32.2. The Morgan fingerprint density at radius 3 is 2.22 bits per heavy atom. The first-order valence-corrected chi connectivity index (χ1v) is 13.4. The van der Waals surface area contributed by atoms with E-state index in [4.69, 9.17) is 15.0 Å². The van der Waals surface area contributed by atoms with Crippen molar-refractivity contribution in [2.24, 2.45) is 0 Å². The number of morpholine rings is 1. The molecule has 0 bridgehead atoms. The average Bonchev–Trinajstić information content (AvgIpc) is 2.91. The summed E-state index contributed by atoms with van der Waals surface area (Å²) in [5, 5.41) is 9.40. The number of nitrogens with zero attached hydrogens (tertiary/aromatic N) is 3. The SMILES string of the molecule is CC(=O)S(=O)c1c(-c2ccc(N3CC(C)O[C@H](C)C3)cc2)cnc2c(-c3ccc(C#N)cc3)cccc12. The smallest absolute Gasteiger partial charge is 0.220 e. The van der Waals surface area contributed by atoms with Crippen molar-refractivity contribution in [1.82, 2.24) is 4.98 Å². The molecule has 1 saturated heterocycles. The van der Waals surface area contributed by atoms with E-state index in [1.165, 1.54) is 6.92 Å². The highest BCUT2D eigenvalue weighted by Gasteiger charge is 2.24. The van der Waals surface area contributed by atoms with E-state index in [2.05, 4.69) is 36.9 Å². The van der Waals surface area contributed by atoms with Crippen molar-refractivity contribution in [2.75, 3.05) is 18.0 Å². The van der Waals surface area contributed by atoms with Gasteiger partial charge in [-0.25, -0.2) is 4.21 Å². The van der Waals surface area contributed by atoms with Crippen molar-refractivity contribution in [3.63, 3.8) is 0 Å². The van der Waals surface area contributed by atoms with Gasteiger partial charge < -0.3 is 9.64 Å². The summed E-state index contributed by atoms with van der Waals surface area (Å²) in [6, 6.07) is 23.2. The molecule has 0 radical (unpaired) electrons. The van der Waals surface area contributed by atoms with Gasteiger partial charge in [-0.05, 0) is 49.2 Å². The number of aromatic nitrogens is 1. The first-order chi connectivity index (χ1) is 17.9. The van der Waals surface area contributed by atoms with Crippen molar-refractivity contribution >= 4 is 32.5 Å². The maximum absolute atomic E-state index is 13.3. The summed E-state index contributed by atoms with van der Waals surface area (Å²) in [4.78, 5) is 19.9. The zero-order valence-corrected chi connectivity index (χ0v) is 21.8. The molecule has 0 N–H and O–H groups in total. The number of pyridine rings is 1. The van der Waals surface area contributed by atoms with Gasteiger partial charge in [-0.1, -0.05) is 42.5 Å². The molecule has 1 fully saturated rings. The van der Waals surface area contributed by atoms with Crippen LogP contribution in [-0.2, 0) is 20.3 Å². The molecule has 6 nitrogen and oxygen atoms in total. The molecular weight excluding hydrogens is 482 g/mol. The minimum absolute atomic E-state index is 0.156. The lowest BCUT2D eigenvalue weighted by atomic mass is 9.98. The number of benzene rings is 3. The molecule has 3 atom stereocenters. The van der Waals surface area contributed by atoms with E-state index in [1.807, 2.05) is 42.5 Å². The Kier molecular flexibility index (Phi) is 6.88. The number of anilines is 1. The molecule has 1 aliphatic heterocycles. The van der Waals surface area contributed by atoms with Gasteiger partial charge in [0.2, 0.25) is 5.12 Å². The van der Waals surface area contributed by atoms with Crippen molar-refractivity contribution in [2.45, 2.75) is 37.9 Å². The van der Waals surface area contributed by atoms with E-state index in [1.54, 1.807) is 18.3 Å². The van der Waals surface area contributed by atoms with E-state index in [0.717, 1.165) is 35.5 Å². The third-order valence-electron chi connectivity index (χ3n) is 6.58. The molecule has 1 aromatic heterocycles. The summed E-state index contributed by atoms with van der Waals surface area (Å²) in [6.07, 6.45) is 2.02. The largest absolute Gasteiger partial charge is 0.372 e. The Morgan fingerprint density at radius 1 is 0.973 bits per heavy atom. The van der Waals surface area contributed by atoms with Gasteiger partial charge in [0.15, 0.2) is 0 Å². The molecule has 186 valence electrons. The number of rotatable bonds is 4. The van der Waals surface area contributed by atoms with E-state index in [9.17, 15) is 9.00 Å². The number of nitriles is 1. The number of carbonyl (C=O) groups excluding carboxylic acids is 1. The summed E-state index contributed by atoms with van der Waals surface area (Å²) in [7, 11) is -1.86. The lowest BCUT2D eigenvalue weighted by Gasteiger charge is -2.36.